The van der Waals surface area contributed by atoms with Gasteiger partial charge in [0.2, 0.25) is 0 Å². The van der Waals surface area contributed by atoms with Crippen LogP contribution >= 0.6 is 0 Å². The summed E-state index contributed by atoms with van der Waals surface area (Å²) in [6.45, 7) is 0. The van der Waals surface area contributed by atoms with Crippen molar-refractivity contribution in [1.29, 1.82) is 0 Å². The molecule has 1 heterocycles. The second-order valence-corrected chi connectivity index (χ2v) is 4.56. The van der Waals surface area contributed by atoms with E-state index in [-0.39, 0.29) is 0 Å². The van der Waals surface area contributed by atoms with Crippen LogP contribution in [-0.4, -0.2) is 17.4 Å². The molecule has 1 fully saturated rings. The summed E-state index contributed by atoms with van der Waals surface area (Å²) in [7, 11) is 0. The van der Waals surface area contributed by atoms with Gasteiger partial charge in [-0.2, -0.15) is 0 Å². The summed E-state index contributed by atoms with van der Waals surface area (Å²) < 4.78 is 6.01. The molecule has 0 amide bonds. The molecule has 0 bridgehead atoms. The molecule has 0 atom stereocenters. The number of H-pyrrole nitrogens is 1. The fourth-order valence-electron chi connectivity index (χ4n) is 2.55. The van der Waals surface area contributed by atoms with Gasteiger partial charge >= 0.3 is 0 Å². The van der Waals surface area contributed by atoms with E-state index in [1.807, 2.05) is 18.2 Å². The third-order valence-corrected chi connectivity index (χ3v) is 3.42. The van der Waals surface area contributed by atoms with Crippen molar-refractivity contribution in [2.45, 2.75) is 31.8 Å². The van der Waals surface area contributed by atoms with Gasteiger partial charge in [-0.1, -0.05) is 6.07 Å². The first kappa shape index (κ1) is 10.4. The fourth-order valence-corrected chi connectivity index (χ4v) is 2.55. The molecule has 0 spiro atoms. The van der Waals surface area contributed by atoms with Crippen LogP contribution in [0.5, 0.6) is 5.75 Å². The molecule has 1 saturated carbocycles. The maximum Gasteiger partial charge on any atom is 0.152 e. The maximum absolute atomic E-state index is 11.0. The predicted octanol–water partition coefficient (Wildman–Crippen LogP) is 3.30. The summed E-state index contributed by atoms with van der Waals surface area (Å²) in [5, 5.41) is 0.911. The van der Waals surface area contributed by atoms with Gasteiger partial charge in [0.25, 0.3) is 0 Å². The van der Waals surface area contributed by atoms with Crippen molar-refractivity contribution in [3.63, 3.8) is 0 Å². The number of aromatic amines is 1. The van der Waals surface area contributed by atoms with Gasteiger partial charge in [0.15, 0.2) is 6.29 Å². The van der Waals surface area contributed by atoms with Crippen LogP contribution in [-0.2, 0) is 0 Å². The van der Waals surface area contributed by atoms with Gasteiger partial charge in [0.1, 0.15) is 5.75 Å². The zero-order chi connectivity index (χ0) is 11.7. The highest BCUT2D eigenvalue weighted by Crippen LogP contribution is 2.31. The fraction of sp³-hybridized carbons (Fsp3) is 0.357. The van der Waals surface area contributed by atoms with E-state index in [1.165, 1.54) is 12.8 Å². The van der Waals surface area contributed by atoms with Crippen LogP contribution in [0.1, 0.15) is 36.0 Å². The van der Waals surface area contributed by atoms with Gasteiger partial charge in [0.05, 0.1) is 11.5 Å². The van der Waals surface area contributed by atoms with Crippen LogP contribution in [0, 0.1) is 0 Å². The molecule has 1 N–H and O–H groups in total. The van der Waals surface area contributed by atoms with Crippen LogP contribution in [0.3, 0.4) is 0 Å². The Bertz CT molecular complexity index is 538. The predicted molar refractivity (Wildman–Crippen MR) is 66.6 cm³/mol. The van der Waals surface area contributed by atoms with Gasteiger partial charge in [-0.25, -0.2) is 0 Å². The normalized spacial score (nSPS) is 16.5. The molecule has 0 radical (unpaired) electrons. The third kappa shape index (κ3) is 1.82. The molecule has 2 aromatic rings. The number of carbonyl (C=O) groups excluding carboxylic acids is 1. The quantitative estimate of drug-likeness (QED) is 0.820. The Morgan fingerprint density at radius 3 is 2.88 bits per heavy atom. The Balaban J connectivity index is 2.01. The number of ether oxygens (including phenoxy) is 1. The van der Waals surface area contributed by atoms with Crippen LogP contribution < -0.4 is 4.74 Å². The lowest BCUT2D eigenvalue weighted by Gasteiger charge is -2.14. The van der Waals surface area contributed by atoms with E-state index >= 15 is 0 Å². The Morgan fingerprint density at radius 2 is 2.12 bits per heavy atom. The zero-order valence-electron chi connectivity index (χ0n) is 9.61. The molecule has 1 aromatic heterocycles. The molecule has 88 valence electrons. The third-order valence-electron chi connectivity index (χ3n) is 3.42. The first-order chi connectivity index (χ1) is 8.38. The average molecular weight is 229 g/mol. The molecule has 0 unspecified atom stereocenters. The molecule has 3 heteroatoms. The molecular weight excluding hydrogens is 214 g/mol. The molecule has 3 rings (SSSR count). The van der Waals surface area contributed by atoms with Crippen LogP contribution in [0.25, 0.3) is 10.9 Å². The molecule has 3 nitrogen and oxygen atoms in total. The monoisotopic (exact) mass is 229 g/mol. The molecule has 1 aliphatic rings. The molecule has 1 aromatic carbocycles. The zero-order valence-corrected chi connectivity index (χ0v) is 9.61. The highest BCUT2D eigenvalue weighted by molar-refractivity contribution is 6.00. The Kier molecular flexibility index (Phi) is 2.59. The van der Waals surface area contributed by atoms with Gasteiger partial charge in [0, 0.05) is 17.3 Å². The van der Waals surface area contributed by atoms with Crippen molar-refractivity contribution >= 4 is 17.2 Å². The smallest absolute Gasteiger partial charge is 0.152 e. The number of hydrogen-bond acceptors (Lipinski definition) is 2. The standard InChI is InChI=1S/C14H15NO2/c16-9-10-8-15-12-6-3-7-13(14(10)12)17-11-4-1-2-5-11/h3,6-9,11,15H,1-2,4-5H2. The van der Waals surface area contributed by atoms with Gasteiger partial charge < -0.3 is 9.72 Å². The number of benzene rings is 1. The second-order valence-electron chi connectivity index (χ2n) is 4.56. The van der Waals surface area contributed by atoms with Crippen molar-refractivity contribution in [2.75, 3.05) is 0 Å². The number of carbonyl (C=O) groups is 1. The van der Waals surface area contributed by atoms with Crippen LogP contribution in [0.15, 0.2) is 24.4 Å². The summed E-state index contributed by atoms with van der Waals surface area (Å²) in [5.41, 5.74) is 1.64. The largest absolute Gasteiger partial charge is 0.490 e. The van der Waals surface area contributed by atoms with E-state index in [1.54, 1.807) is 6.20 Å². The first-order valence-corrected chi connectivity index (χ1v) is 6.10. The Morgan fingerprint density at radius 1 is 1.29 bits per heavy atom. The van der Waals surface area contributed by atoms with Crippen LogP contribution in [0.2, 0.25) is 0 Å². The SMILES string of the molecule is O=Cc1c[nH]c2cccc(OC3CCCC3)c12. The maximum atomic E-state index is 11.0. The van der Waals surface area contributed by atoms with Crippen molar-refractivity contribution in [3.8, 4) is 5.75 Å². The Labute approximate surface area is 99.8 Å². The first-order valence-electron chi connectivity index (χ1n) is 6.10. The molecule has 1 aliphatic carbocycles. The van der Waals surface area contributed by atoms with E-state index in [0.717, 1.165) is 35.8 Å². The van der Waals surface area contributed by atoms with Crippen LogP contribution in [0.4, 0.5) is 0 Å². The summed E-state index contributed by atoms with van der Waals surface area (Å²) in [6, 6.07) is 5.86. The lowest BCUT2D eigenvalue weighted by atomic mass is 10.1. The number of aromatic nitrogens is 1. The van der Waals surface area contributed by atoms with Gasteiger partial charge in [-0.15, -0.1) is 0 Å². The van der Waals surface area contributed by atoms with E-state index < -0.39 is 0 Å². The Hall–Kier alpha value is -1.77. The lowest BCUT2D eigenvalue weighted by Crippen LogP contribution is -2.11. The molecular formula is C14H15NO2. The number of hydrogen-bond donors (Lipinski definition) is 1. The van der Waals surface area contributed by atoms with Crippen molar-refractivity contribution in [2.24, 2.45) is 0 Å². The molecule has 0 aliphatic heterocycles. The minimum absolute atomic E-state index is 0.315. The second kappa shape index (κ2) is 4.24. The van der Waals surface area contributed by atoms with Crippen molar-refractivity contribution in [1.82, 2.24) is 4.98 Å². The van der Waals surface area contributed by atoms with Gasteiger partial charge in [-0.3, -0.25) is 4.79 Å². The average Bonchev–Trinajstić information content (AvgIpc) is 2.97. The van der Waals surface area contributed by atoms with Crippen molar-refractivity contribution in [3.05, 3.63) is 30.0 Å². The summed E-state index contributed by atoms with van der Waals surface area (Å²) in [5.74, 6) is 0.831. The number of nitrogens with one attached hydrogen (secondary N) is 1. The summed E-state index contributed by atoms with van der Waals surface area (Å²) in [4.78, 5) is 14.1. The van der Waals surface area contributed by atoms with E-state index in [4.69, 9.17) is 4.74 Å². The summed E-state index contributed by atoms with van der Waals surface area (Å²) in [6.07, 6.45) is 7.66. The minimum atomic E-state index is 0.315. The lowest BCUT2D eigenvalue weighted by molar-refractivity contribution is 0.112. The minimum Gasteiger partial charge on any atom is -0.490 e. The number of fused-ring (bicyclic) bond motifs is 1. The number of aldehydes is 1. The van der Waals surface area contributed by atoms with E-state index in [0.29, 0.717) is 11.7 Å². The molecule has 0 saturated heterocycles. The van der Waals surface area contributed by atoms with Crippen molar-refractivity contribution < 1.29 is 9.53 Å². The van der Waals surface area contributed by atoms with E-state index in [9.17, 15) is 4.79 Å². The molecule has 17 heavy (non-hydrogen) atoms. The van der Waals surface area contributed by atoms with E-state index in [2.05, 4.69) is 4.98 Å². The van der Waals surface area contributed by atoms with Gasteiger partial charge in [-0.05, 0) is 37.8 Å². The number of rotatable bonds is 3. The topological polar surface area (TPSA) is 42.1 Å². The highest BCUT2D eigenvalue weighted by Gasteiger charge is 2.18. The summed E-state index contributed by atoms with van der Waals surface area (Å²) >= 11 is 0. The highest BCUT2D eigenvalue weighted by atomic mass is 16.5.